The van der Waals surface area contributed by atoms with Gasteiger partial charge in [-0.05, 0) is 59.3 Å². The fourth-order valence-corrected chi connectivity index (χ4v) is 1.90. The van der Waals surface area contributed by atoms with Crippen LogP contribution in [0.1, 0.15) is 5.56 Å². The van der Waals surface area contributed by atoms with Crippen LogP contribution in [-0.4, -0.2) is 5.91 Å². The van der Waals surface area contributed by atoms with Gasteiger partial charge in [-0.2, -0.15) is 4.57 Å². The maximum atomic E-state index is 11.8. The molecule has 0 aliphatic carbocycles. The molecule has 1 amide bonds. The van der Waals surface area contributed by atoms with E-state index in [1.54, 1.807) is 0 Å². The van der Waals surface area contributed by atoms with E-state index in [-0.39, 0.29) is 5.91 Å². The summed E-state index contributed by atoms with van der Waals surface area (Å²) in [6.07, 6.45) is 3.81. The van der Waals surface area contributed by atoms with Crippen LogP contribution in [0.4, 0.5) is 5.69 Å². The lowest BCUT2D eigenvalue weighted by Crippen LogP contribution is -2.39. The molecule has 0 aliphatic rings. The number of benzene rings is 1. The Bertz CT molecular complexity index is 485. The third-order valence-electron chi connectivity index (χ3n) is 2.51. The number of hydrogen-bond acceptors (Lipinski definition) is 1. The lowest BCUT2D eigenvalue weighted by Gasteiger charge is -2.03. The van der Waals surface area contributed by atoms with Crippen molar-refractivity contribution in [2.75, 3.05) is 5.32 Å². The molecule has 2 aromatic rings. The van der Waals surface area contributed by atoms with E-state index in [2.05, 4.69) is 27.9 Å². The summed E-state index contributed by atoms with van der Waals surface area (Å²) in [5, 5.41) is 2.87. The number of hydrogen-bond donors (Lipinski definition) is 1. The van der Waals surface area contributed by atoms with Gasteiger partial charge in [0.15, 0.2) is 12.4 Å². The Balaban J connectivity index is 1.96. The fraction of sp³-hybridized carbons (Fsp3) is 0.143. The van der Waals surface area contributed by atoms with Gasteiger partial charge in [0.25, 0.3) is 5.91 Å². The molecule has 4 heteroatoms. The zero-order valence-electron chi connectivity index (χ0n) is 10.1. The number of pyridine rings is 1. The number of carbonyl (C=O) groups is 1. The summed E-state index contributed by atoms with van der Waals surface area (Å²) in [6, 6.07) is 11.7. The van der Waals surface area contributed by atoms with E-state index in [0.29, 0.717) is 6.54 Å². The largest absolute Gasteiger partial charge is 0.321 e. The molecule has 92 valence electrons. The topological polar surface area (TPSA) is 33.0 Å². The zero-order valence-corrected chi connectivity index (χ0v) is 12.2. The van der Waals surface area contributed by atoms with Crippen LogP contribution >= 0.6 is 22.6 Å². The molecule has 0 saturated carbocycles. The highest BCUT2D eigenvalue weighted by Crippen LogP contribution is 2.10. The Labute approximate surface area is 120 Å². The van der Waals surface area contributed by atoms with Crippen molar-refractivity contribution in [2.24, 2.45) is 0 Å². The van der Waals surface area contributed by atoms with E-state index in [1.807, 2.05) is 60.3 Å². The van der Waals surface area contributed by atoms with Crippen LogP contribution in [-0.2, 0) is 11.3 Å². The van der Waals surface area contributed by atoms with Crippen molar-refractivity contribution in [3.05, 3.63) is 57.9 Å². The van der Waals surface area contributed by atoms with Gasteiger partial charge in [-0.3, -0.25) is 4.79 Å². The molecule has 0 bridgehead atoms. The molecule has 1 aromatic heterocycles. The van der Waals surface area contributed by atoms with E-state index in [4.69, 9.17) is 0 Å². The number of nitrogens with one attached hydrogen (secondary N) is 1. The molecule has 0 fully saturated rings. The van der Waals surface area contributed by atoms with Gasteiger partial charge in [0, 0.05) is 21.4 Å². The second kappa shape index (κ2) is 5.95. The van der Waals surface area contributed by atoms with Crippen LogP contribution in [0.25, 0.3) is 0 Å². The normalized spacial score (nSPS) is 10.1. The second-order valence-corrected chi connectivity index (χ2v) is 5.35. The molecule has 0 spiro atoms. The minimum absolute atomic E-state index is 0.0231. The molecular formula is C14H14IN2O+. The standard InChI is InChI=1S/C14H13IN2O/c1-11-6-8-17(9-7-11)10-14(18)16-13-4-2-12(15)3-5-13/h2-9H,10H2,1H3/p+1. The van der Waals surface area contributed by atoms with Crippen LogP contribution in [0.5, 0.6) is 0 Å². The SMILES string of the molecule is Cc1cc[n+](CC(=O)Nc2ccc(I)cc2)cc1. The second-order valence-electron chi connectivity index (χ2n) is 4.10. The highest BCUT2D eigenvalue weighted by molar-refractivity contribution is 14.1. The van der Waals surface area contributed by atoms with Gasteiger partial charge in [0.1, 0.15) is 0 Å². The summed E-state index contributed by atoms with van der Waals surface area (Å²) in [5.41, 5.74) is 2.01. The van der Waals surface area contributed by atoms with Gasteiger partial charge in [0.05, 0.1) is 0 Å². The molecule has 0 atom stereocenters. The molecule has 1 N–H and O–H groups in total. The average Bonchev–Trinajstić information content (AvgIpc) is 2.35. The summed E-state index contributed by atoms with van der Waals surface area (Å²) < 4.78 is 3.01. The van der Waals surface area contributed by atoms with Crippen molar-refractivity contribution < 1.29 is 9.36 Å². The van der Waals surface area contributed by atoms with Crippen molar-refractivity contribution in [2.45, 2.75) is 13.5 Å². The molecule has 0 saturated heterocycles. The van der Waals surface area contributed by atoms with Crippen LogP contribution in [0.2, 0.25) is 0 Å². The summed E-state index contributed by atoms with van der Waals surface area (Å²) >= 11 is 2.23. The number of anilines is 1. The predicted molar refractivity (Wildman–Crippen MR) is 79.2 cm³/mol. The Hall–Kier alpha value is -1.43. The number of aromatic nitrogens is 1. The summed E-state index contributed by atoms with van der Waals surface area (Å²) in [5.74, 6) is -0.0231. The molecule has 0 unspecified atom stereocenters. The highest BCUT2D eigenvalue weighted by Gasteiger charge is 2.08. The monoisotopic (exact) mass is 353 g/mol. The Morgan fingerprint density at radius 1 is 1.17 bits per heavy atom. The number of rotatable bonds is 3. The third kappa shape index (κ3) is 3.80. The van der Waals surface area contributed by atoms with Crippen molar-refractivity contribution in [1.29, 1.82) is 0 Å². The Morgan fingerprint density at radius 2 is 1.78 bits per heavy atom. The fourth-order valence-electron chi connectivity index (χ4n) is 1.54. The number of halogens is 1. The van der Waals surface area contributed by atoms with Crippen molar-refractivity contribution in [1.82, 2.24) is 0 Å². The molecule has 1 aromatic carbocycles. The first-order chi connectivity index (χ1) is 8.63. The molecular weight excluding hydrogens is 339 g/mol. The van der Waals surface area contributed by atoms with E-state index in [0.717, 1.165) is 9.26 Å². The van der Waals surface area contributed by atoms with Gasteiger partial charge < -0.3 is 5.32 Å². The summed E-state index contributed by atoms with van der Waals surface area (Å²) in [4.78, 5) is 11.8. The summed E-state index contributed by atoms with van der Waals surface area (Å²) in [6.45, 7) is 2.35. The van der Waals surface area contributed by atoms with Crippen LogP contribution in [0.15, 0.2) is 48.8 Å². The first-order valence-electron chi connectivity index (χ1n) is 5.64. The van der Waals surface area contributed by atoms with Crippen molar-refractivity contribution in [3.63, 3.8) is 0 Å². The van der Waals surface area contributed by atoms with Crippen molar-refractivity contribution >= 4 is 34.2 Å². The molecule has 1 heterocycles. The number of aryl methyl sites for hydroxylation is 1. The van der Waals surface area contributed by atoms with Gasteiger partial charge in [-0.1, -0.05) is 0 Å². The van der Waals surface area contributed by atoms with E-state index in [1.165, 1.54) is 5.56 Å². The van der Waals surface area contributed by atoms with Gasteiger partial charge in [0.2, 0.25) is 6.54 Å². The van der Waals surface area contributed by atoms with Crippen LogP contribution in [0.3, 0.4) is 0 Å². The quantitative estimate of drug-likeness (QED) is 0.668. The zero-order chi connectivity index (χ0) is 13.0. The van der Waals surface area contributed by atoms with E-state index >= 15 is 0 Å². The number of amides is 1. The molecule has 18 heavy (non-hydrogen) atoms. The highest BCUT2D eigenvalue weighted by atomic mass is 127. The maximum Gasteiger partial charge on any atom is 0.290 e. The molecule has 0 radical (unpaired) electrons. The molecule has 2 rings (SSSR count). The molecule has 3 nitrogen and oxygen atoms in total. The lowest BCUT2D eigenvalue weighted by molar-refractivity contribution is -0.684. The van der Waals surface area contributed by atoms with Crippen LogP contribution in [0, 0.1) is 10.5 Å². The lowest BCUT2D eigenvalue weighted by atomic mass is 10.3. The number of carbonyl (C=O) groups excluding carboxylic acids is 1. The minimum atomic E-state index is -0.0231. The predicted octanol–water partition coefficient (Wildman–Crippen LogP) is 2.53. The first-order valence-corrected chi connectivity index (χ1v) is 6.72. The third-order valence-corrected chi connectivity index (χ3v) is 3.23. The minimum Gasteiger partial charge on any atom is -0.321 e. The smallest absolute Gasteiger partial charge is 0.290 e. The average molecular weight is 353 g/mol. The first kappa shape index (κ1) is 13.0. The maximum absolute atomic E-state index is 11.8. The Morgan fingerprint density at radius 3 is 2.39 bits per heavy atom. The number of nitrogens with zero attached hydrogens (tertiary/aromatic N) is 1. The van der Waals surface area contributed by atoms with E-state index in [9.17, 15) is 4.79 Å². The summed E-state index contributed by atoms with van der Waals surface area (Å²) in [7, 11) is 0. The molecule has 0 aliphatic heterocycles. The van der Waals surface area contributed by atoms with Crippen molar-refractivity contribution in [3.8, 4) is 0 Å². The van der Waals surface area contributed by atoms with Crippen LogP contribution < -0.4 is 9.88 Å². The van der Waals surface area contributed by atoms with E-state index < -0.39 is 0 Å². The van der Waals surface area contributed by atoms with Gasteiger partial charge in [-0.15, -0.1) is 0 Å². The van der Waals surface area contributed by atoms with Gasteiger partial charge in [-0.25, -0.2) is 0 Å². The Kier molecular flexibility index (Phi) is 4.30. The van der Waals surface area contributed by atoms with Gasteiger partial charge >= 0.3 is 0 Å².